The zero-order valence-electron chi connectivity index (χ0n) is 18.0. The van der Waals surface area contributed by atoms with E-state index in [0.717, 1.165) is 33.5 Å². The van der Waals surface area contributed by atoms with Crippen LogP contribution in [0.25, 0.3) is 22.2 Å². The van der Waals surface area contributed by atoms with Gasteiger partial charge in [-0.25, -0.2) is 9.78 Å². The van der Waals surface area contributed by atoms with Gasteiger partial charge in [-0.05, 0) is 67.1 Å². The Hall–Kier alpha value is -4.19. The number of benzene rings is 3. The predicted molar refractivity (Wildman–Crippen MR) is 124 cm³/mol. The highest BCUT2D eigenvalue weighted by Crippen LogP contribution is 2.31. The van der Waals surface area contributed by atoms with Crippen molar-refractivity contribution in [1.29, 1.82) is 0 Å². The number of aromatic nitrogens is 1. The monoisotopic (exact) mass is 426 g/mol. The molecule has 0 spiro atoms. The molecule has 0 aliphatic carbocycles. The standard InChI is InChI=1S/C26H22N2O4/c1-16-23(25(29)27-19-12-8-18(9-13-19)26(30)32-3)21-6-4-5-7-22(21)28-24(16)17-10-14-20(31-2)15-11-17/h4-15H,1-3H3,(H,27,29). The number of ether oxygens (including phenoxy) is 2. The van der Waals surface area contributed by atoms with Gasteiger partial charge in [0.1, 0.15) is 5.75 Å². The number of esters is 1. The number of amides is 1. The number of para-hydroxylation sites is 1. The molecule has 32 heavy (non-hydrogen) atoms. The molecule has 0 bridgehead atoms. The molecule has 1 N–H and O–H groups in total. The molecule has 1 heterocycles. The number of anilines is 1. The molecule has 4 aromatic rings. The molecule has 0 radical (unpaired) electrons. The third-order valence-corrected chi connectivity index (χ3v) is 5.29. The summed E-state index contributed by atoms with van der Waals surface area (Å²) in [7, 11) is 2.95. The first-order valence-electron chi connectivity index (χ1n) is 10.1. The van der Waals surface area contributed by atoms with Gasteiger partial charge < -0.3 is 14.8 Å². The molecule has 0 fully saturated rings. The maximum atomic E-state index is 13.4. The van der Waals surface area contributed by atoms with Crippen LogP contribution in [-0.4, -0.2) is 31.1 Å². The van der Waals surface area contributed by atoms with Crippen LogP contribution in [0.1, 0.15) is 26.3 Å². The first-order chi connectivity index (χ1) is 15.5. The number of rotatable bonds is 5. The summed E-state index contributed by atoms with van der Waals surface area (Å²) in [5.74, 6) is 0.0743. The van der Waals surface area contributed by atoms with Gasteiger partial charge in [0, 0.05) is 16.6 Å². The predicted octanol–water partition coefficient (Wildman–Crippen LogP) is 5.26. The van der Waals surface area contributed by atoms with Gasteiger partial charge in [-0.1, -0.05) is 18.2 Å². The molecule has 1 amide bonds. The van der Waals surface area contributed by atoms with Crippen molar-refractivity contribution in [3.8, 4) is 17.0 Å². The van der Waals surface area contributed by atoms with Crippen LogP contribution in [0.15, 0.2) is 72.8 Å². The highest BCUT2D eigenvalue weighted by atomic mass is 16.5. The van der Waals surface area contributed by atoms with Crippen LogP contribution in [0.2, 0.25) is 0 Å². The third-order valence-electron chi connectivity index (χ3n) is 5.29. The van der Waals surface area contributed by atoms with Crippen LogP contribution in [0.4, 0.5) is 5.69 Å². The number of fused-ring (bicyclic) bond motifs is 1. The molecule has 3 aromatic carbocycles. The summed E-state index contributed by atoms with van der Waals surface area (Å²) in [6, 6.07) is 21.7. The molecule has 6 nitrogen and oxygen atoms in total. The average Bonchev–Trinajstić information content (AvgIpc) is 2.83. The number of carbonyl (C=O) groups is 2. The van der Waals surface area contributed by atoms with Gasteiger partial charge in [0.25, 0.3) is 5.91 Å². The van der Waals surface area contributed by atoms with Crippen molar-refractivity contribution in [2.45, 2.75) is 6.92 Å². The van der Waals surface area contributed by atoms with Gasteiger partial charge in [0.15, 0.2) is 0 Å². The van der Waals surface area contributed by atoms with E-state index in [1.165, 1.54) is 7.11 Å². The topological polar surface area (TPSA) is 77.5 Å². The summed E-state index contributed by atoms with van der Waals surface area (Å²) in [5.41, 5.74) is 4.68. The fraction of sp³-hybridized carbons (Fsp3) is 0.115. The van der Waals surface area contributed by atoms with Gasteiger partial charge in [-0.3, -0.25) is 4.79 Å². The largest absolute Gasteiger partial charge is 0.497 e. The summed E-state index contributed by atoms with van der Waals surface area (Å²) in [5, 5.41) is 3.70. The van der Waals surface area contributed by atoms with Crippen LogP contribution in [-0.2, 0) is 4.74 Å². The minimum atomic E-state index is -0.428. The van der Waals surface area contributed by atoms with Crippen LogP contribution in [0, 0.1) is 6.92 Å². The molecule has 1 aromatic heterocycles. The van der Waals surface area contributed by atoms with Gasteiger partial charge in [0.05, 0.1) is 36.6 Å². The lowest BCUT2D eigenvalue weighted by Crippen LogP contribution is -2.15. The van der Waals surface area contributed by atoms with Gasteiger partial charge in [0.2, 0.25) is 0 Å². The molecule has 6 heteroatoms. The van der Waals surface area contributed by atoms with Crippen molar-refractivity contribution in [3.05, 3.63) is 89.5 Å². The van der Waals surface area contributed by atoms with Crippen molar-refractivity contribution in [3.63, 3.8) is 0 Å². The smallest absolute Gasteiger partial charge is 0.337 e. The number of carbonyl (C=O) groups excluding carboxylic acids is 2. The Kier molecular flexibility index (Phi) is 5.85. The lowest BCUT2D eigenvalue weighted by atomic mass is 9.97. The van der Waals surface area contributed by atoms with E-state index < -0.39 is 5.97 Å². The zero-order valence-corrected chi connectivity index (χ0v) is 18.0. The fourth-order valence-electron chi connectivity index (χ4n) is 3.63. The molecular weight excluding hydrogens is 404 g/mol. The van der Waals surface area contributed by atoms with Gasteiger partial charge in [-0.2, -0.15) is 0 Å². The Labute approximate surface area is 185 Å². The summed E-state index contributed by atoms with van der Waals surface area (Å²) in [6.07, 6.45) is 0. The second kappa shape index (κ2) is 8.89. The van der Waals surface area contributed by atoms with Gasteiger partial charge in [-0.15, -0.1) is 0 Å². The molecule has 0 saturated heterocycles. The van der Waals surface area contributed by atoms with Crippen LogP contribution in [0.5, 0.6) is 5.75 Å². The number of hydrogen-bond donors (Lipinski definition) is 1. The van der Waals surface area contributed by atoms with Crippen LogP contribution in [0.3, 0.4) is 0 Å². The first-order valence-corrected chi connectivity index (χ1v) is 10.1. The Bertz CT molecular complexity index is 1300. The normalized spacial score (nSPS) is 10.6. The number of pyridine rings is 1. The van der Waals surface area contributed by atoms with Crippen molar-refractivity contribution >= 4 is 28.5 Å². The summed E-state index contributed by atoms with van der Waals surface area (Å²) < 4.78 is 9.97. The van der Waals surface area contributed by atoms with E-state index in [1.54, 1.807) is 31.4 Å². The molecular formula is C26H22N2O4. The van der Waals surface area contributed by atoms with E-state index in [-0.39, 0.29) is 5.91 Å². The maximum Gasteiger partial charge on any atom is 0.337 e. The van der Waals surface area contributed by atoms with Crippen molar-refractivity contribution in [2.75, 3.05) is 19.5 Å². The molecule has 4 rings (SSSR count). The van der Waals surface area contributed by atoms with E-state index in [0.29, 0.717) is 16.8 Å². The molecule has 0 unspecified atom stereocenters. The fourth-order valence-corrected chi connectivity index (χ4v) is 3.63. The molecule has 0 aliphatic heterocycles. The molecule has 160 valence electrons. The second-order valence-electron chi connectivity index (χ2n) is 7.23. The Balaban J connectivity index is 1.76. The highest BCUT2D eigenvalue weighted by molar-refractivity contribution is 6.14. The number of hydrogen-bond acceptors (Lipinski definition) is 5. The van der Waals surface area contributed by atoms with Gasteiger partial charge >= 0.3 is 5.97 Å². The van der Waals surface area contributed by atoms with Crippen LogP contribution < -0.4 is 10.1 Å². The second-order valence-corrected chi connectivity index (χ2v) is 7.23. The van der Waals surface area contributed by atoms with Crippen LogP contribution >= 0.6 is 0 Å². The lowest BCUT2D eigenvalue weighted by molar-refractivity contribution is 0.0600. The van der Waals surface area contributed by atoms with E-state index in [1.807, 2.05) is 55.5 Å². The Morgan fingerprint density at radius 2 is 1.56 bits per heavy atom. The molecule has 0 aliphatic rings. The average molecular weight is 426 g/mol. The van der Waals surface area contributed by atoms with E-state index in [2.05, 4.69) is 5.32 Å². The number of methoxy groups -OCH3 is 2. The maximum absolute atomic E-state index is 13.4. The highest BCUT2D eigenvalue weighted by Gasteiger charge is 2.19. The summed E-state index contributed by atoms with van der Waals surface area (Å²) in [4.78, 5) is 29.8. The number of nitrogens with zero attached hydrogens (tertiary/aromatic N) is 1. The Morgan fingerprint density at radius 1 is 0.875 bits per heavy atom. The van der Waals surface area contributed by atoms with Crippen molar-refractivity contribution in [2.24, 2.45) is 0 Å². The SMILES string of the molecule is COC(=O)c1ccc(NC(=O)c2c(C)c(-c3ccc(OC)cc3)nc3ccccc23)cc1. The first kappa shape index (κ1) is 21.1. The van der Waals surface area contributed by atoms with Crippen molar-refractivity contribution in [1.82, 2.24) is 4.98 Å². The molecule has 0 saturated carbocycles. The zero-order chi connectivity index (χ0) is 22.7. The summed E-state index contributed by atoms with van der Waals surface area (Å²) >= 11 is 0. The van der Waals surface area contributed by atoms with E-state index >= 15 is 0 Å². The molecule has 0 atom stereocenters. The lowest BCUT2D eigenvalue weighted by Gasteiger charge is -2.15. The minimum absolute atomic E-state index is 0.248. The number of nitrogens with one attached hydrogen (secondary N) is 1. The Morgan fingerprint density at radius 3 is 2.22 bits per heavy atom. The van der Waals surface area contributed by atoms with Crippen molar-refractivity contribution < 1.29 is 19.1 Å². The minimum Gasteiger partial charge on any atom is -0.497 e. The van der Waals surface area contributed by atoms with E-state index in [9.17, 15) is 9.59 Å². The third kappa shape index (κ3) is 4.03. The van der Waals surface area contributed by atoms with E-state index in [4.69, 9.17) is 14.5 Å². The summed E-state index contributed by atoms with van der Waals surface area (Å²) in [6.45, 7) is 1.90. The quantitative estimate of drug-likeness (QED) is 0.441.